The van der Waals surface area contributed by atoms with Gasteiger partial charge in [0, 0.05) is 0 Å². The van der Waals surface area contributed by atoms with Crippen LogP contribution in [0.5, 0.6) is 0 Å². The van der Waals surface area contributed by atoms with Crippen molar-refractivity contribution < 1.29 is 97.1 Å². The summed E-state index contributed by atoms with van der Waals surface area (Å²) in [4.78, 5) is 11.4. The maximum absolute atomic E-state index is 11.4. The molecule has 12 N–H and O–H groups in total. The molecule has 2 aliphatic heterocycles. The van der Waals surface area contributed by atoms with Crippen LogP contribution in [0.4, 0.5) is 0 Å². The third-order valence-corrected chi connectivity index (χ3v) is 6.24. The predicted molar refractivity (Wildman–Crippen MR) is 114 cm³/mol. The van der Waals surface area contributed by atoms with E-state index >= 15 is 0 Å². The average molecular weight is 601 g/mol. The Morgan fingerprint density at radius 1 is 0.744 bits per heavy atom. The van der Waals surface area contributed by atoms with Crippen LogP contribution in [0.2, 0.25) is 0 Å². The zero-order valence-corrected chi connectivity index (χ0v) is 20.6. The molecular weight excluding hydrogens is 568 g/mol. The second-order valence-corrected chi connectivity index (χ2v) is 9.72. The summed E-state index contributed by atoms with van der Waals surface area (Å²) in [6, 6.07) is 0. The normalized spacial score (nSPS) is 39.0. The molecule has 0 unspecified atom stereocenters. The van der Waals surface area contributed by atoms with Crippen molar-refractivity contribution in [3.63, 3.8) is 0 Å². The molecule has 2 aliphatic rings. The fourth-order valence-electron chi connectivity index (χ4n) is 3.59. The van der Waals surface area contributed by atoms with Crippen LogP contribution in [0.15, 0.2) is 0 Å². The lowest BCUT2D eigenvalue weighted by Crippen LogP contribution is -2.62. The van der Waals surface area contributed by atoms with Crippen LogP contribution in [0, 0.1) is 0 Å². The minimum absolute atomic E-state index is 0.695. The Morgan fingerprint density at radius 2 is 1.23 bits per heavy atom. The van der Waals surface area contributed by atoms with Crippen LogP contribution < -0.4 is 0 Å². The van der Waals surface area contributed by atoms with Gasteiger partial charge in [0.05, 0.1) is 19.8 Å². The van der Waals surface area contributed by atoms with Crippen LogP contribution in [0.1, 0.15) is 0 Å². The Balaban J connectivity index is 1.96. The zero-order chi connectivity index (χ0) is 29.8. The van der Waals surface area contributed by atoms with E-state index in [1.165, 1.54) is 0 Å². The standard InChI is InChI=1S/C18H32O20S/c19-1-5-8(22)11(25)14(28)18(36-5)35-3-6-9(23)12(26)15(29)17(37-6)34-2-4(20)7(21)10(24)13(27)16(30)38-39(31,32)33/h4-15,17-29H,1-3H2,(H,31,32,33)/t4-,5-,6-,7-,8-,9-,10+,11+,12+,13-,14-,15-,17+,18+/m1/s1. The lowest BCUT2D eigenvalue weighted by atomic mass is 9.98. The number of hydrogen-bond acceptors (Lipinski definition) is 19. The highest BCUT2D eigenvalue weighted by molar-refractivity contribution is 7.81. The number of aliphatic hydroxyl groups excluding tert-OH is 11. The number of ether oxygens (including phenoxy) is 4. The first-order valence-corrected chi connectivity index (χ1v) is 12.5. The van der Waals surface area contributed by atoms with Gasteiger partial charge in [0.15, 0.2) is 18.7 Å². The number of hydrogen-bond donors (Lipinski definition) is 12. The molecule has 230 valence electrons. The summed E-state index contributed by atoms with van der Waals surface area (Å²) in [5.74, 6) is -2.09. The van der Waals surface area contributed by atoms with Gasteiger partial charge in [-0.25, -0.2) is 4.79 Å². The van der Waals surface area contributed by atoms with Crippen molar-refractivity contribution in [1.29, 1.82) is 0 Å². The van der Waals surface area contributed by atoms with E-state index in [-0.39, 0.29) is 0 Å². The Labute approximate surface area is 219 Å². The first kappa shape index (κ1) is 34.0. The molecule has 21 heteroatoms. The summed E-state index contributed by atoms with van der Waals surface area (Å²) in [7, 11) is -5.36. The Hall–Kier alpha value is -1.22. The van der Waals surface area contributed by atoms with E-state index in [0.29, 0.717) is 0 Å². The highest BCUT2D eigenvalue weighted by atomic mass is 32.3. The molecule has 0 aliphatic carbocycles. The molecular formula is C18H32O20S. The third-order valence-electron chi connectivity index (χ3n) is 5.87. The van der Waals surface area contributed by atoms with Crippen LogP contribution in [-0.2, 0) is 38.3 Å². The van der Waals surface area contributed by atoms with Crippen LogP contribution >= 0.6 is 0 Å². The van der Waals surface area contributed by atoms with Gasteiger partial charge in [0.2, 0.25) is 0 Å². The fraction of sp³-hybridized carbons (Fsp3) is 0.944. The highest BCUT2D eigenvalue weighted by Crippen LogP contribution is 2.26. The number of carbonyl (C=O) groups excluding carboxylic acids is 1. The minimum Gasteiger partial charge on any atom is -0.394 e. The largest absolute Gasteiger partial charge is 0.449 e. The van der Waals surface area contributed by atoms with E-state index < -0.39 is 122 Å². The average Bonchev–Trinajstić information content (AvgIpc) is 2.87. The Bertz CT molecular complexity index is 886. The first-order valence-electron chi connectivity index (χ1n) is 11.2. The first-order chi connectivity index (χ1) is 18.0. The topological polar surface area (TPSA) is 340 Å². The number of rotatable bonds is 12. The van der Waals surface area contributed by atoms with Crippen molar-refractivity contribution in [2.24, 2.45) is 0 Å². The molecule has 0 aromatic carbocycles. The quantitative estimate of drug-likeness (QED) is 0.0925. The Morgan fingerprint density at radius 3 is 1.74 bits per heavy atom. The summed E-state index contributed by atoms with van der Waals surface area (Å²) in [6.07, 6.45) is -27.2. The lowest BCUT2D eigenvalue weighted by molar-refractivity contribution is -0.333. The summed E-state index contributed by atoms with van der Waals surface area (Å²) >= 11 is 0. The van der Waals surface area contributed by atoms with Crippen molar-refractivity contribution in [1.82, 2.24) is 0 Å². The van der Waals surface area contributed by atoms with Crippen LogP contribution in [-0.4, -0.2) is 181 Å². The van der Waals surface area contributed by atoms with Crippen LogP contribution in [0.3, 0.4) is 0 Å². The molecule has 0 bridgehead atoms. The van der Waals surface area contributed by atoms with E-state index in [9.17, 15) is 69.4 Å². The summed E-state index contributed by atoms with van der Waals surface area (Å²) < 4.78 is 53.5. The SMILES string of the molecule is O=C(OS(=O)(=O)O)[C@H](O)[C@@H](O)[C@H](O)[C@H](O)CO[C@H]1O[C@H](CO[C@H]2O[C@H](CO)[C@@H](O)[C@H](O)[C@H]2O)[C@@H](O)[C@H](O)[C@H]1O. The molecule has 2 rings (SSSR count). The molecule has 0 spiro atoms. The van der Waals surface area contributed by atoms with E-state index in [1.54, 1.807) is 0 Å². The van der Waals surface area contributed by atoms with Gasteiger partial charge < -0.3 is 79.3 Å². The molecule has 39 heavy (non-hydrogen) atoms. The van der Waals surface area contributed by atoms with Gasteiger partial charge in [-0.05, 0) is 0 Å². The molecule has 20 nitrogen and oxygen atoms in total. The van der Waals surface area contributed by atoms with Crippen molar-refractivity contribution in [3.05, 3.63) is 0 Å². The number of aliphatic hydroxyl groups is 11. The van der Waals surface area contributed by atoms with E-state index in [2.05, 4.69) is 4.18 Å². The van der Waals surface area contributed by atoms with Crippen molar-refractivity contribution in [2.75, 3.05) is 19.8 Å². The summed E-state index contributed by atoms with van der Waals surface area (Å²) in [6.45, 7) is -2.47. The maximum Gasteiger partial charge on any atom is 0.449 e. The molecule has 0 aromatic heterocycles. The number of carbonyl (C=O) groups is 1. The second-order valence-electron chi connectivity index (χ2n) is 8.70. The second kappa shape index (κ2) is 14.1. The zero-order valence-electron chi connectivity index (χ0n) is 19.7. The molecule has 0 aromatic rings. The highest BCUT2D eigenvalue weighted by Gasteiger charge is 2.48. The van der Waals surface area contributed by atoms with Crippen molar-refractivity contribution >= 4 is 16.4 Å². The van der Waals surface area contributed by atoms with Gasteiger partial charge in [0.1, 0.15) is 67.1 Å². The lowest BCUT2D eigenvalue weighted by Gasteiger charge is -2.42. The molecule has 14 atom stereocenters. The van der Waals surface area contributed by atoms with E-state index in [1.807, 2.05) is 0 Å². The minimum atomic E-state index is -5.36. The summed E-state index contributed by atoms with van der Waals surface area (Å²) in [5, 5.41) is 108. The maximum atomic E-state index is 11.4. The van der Waals surface area contributed by atoms with Crippen molar-refractivity contribution in [3.8, 4) is 0 Å². The van der Waals surface area contributed by atoms with E-state index in [0.717, 1.165) is 0 Å². The van der Waals surface area contributed by atoms with E-state index in [4.69, 9.17) is 23.5 Å². The summed E-state index contributed by atoms with van der Waals surface area (Å²) in [5.41, 5.74) is 0. The Kier molecular flexibility index (Phi) is 12.3. The van der Waals surface area contributed by atoms with Crippen molar-refractivity contribution in [2.45, 2.75) is 85.8 Å². The monoisotopic (exact) mass is 600 g/mol. The van der Waals surface area contributed by atoms with Crippen LogP contribution in [0.25, 0.3) is 0 Å². The fourth-order valence-corrected chi connectivity index (χ4v) is 3.89. The van der Waals surface area contributed by atoms with Gasteiger partial charge in [-0.15, -0.1) is 0 Å². The predicted octanol–water partition coefficient (Wildman–Crippen LogP) is -8.58. The van der Waals surface area contributed by atoms with Gasteiger partial charge in [-0.1, -0.05) is 0 Å². The molecule has 2 heterocycles. The molecule has 2 fully saturated rings. The molecule has 2 saturated heterocycles. The molecule has 0 amide bonds. The molecule has 0 saturated carbocycles. The van der Waals surface area contributed by atoms with Gasteiger partial charge in [0.25, 0.3) is 0 Å². The van der Waals surface area contributed by atoms with Gasteiger partial charge in [-0.2, -0.15) is 8.42 Å². The van der Waals surface area contributed by atoms with Gasteiger partial charge in [-0.3, -0.25) is 4.55 Å². The van der Waals surface area contributed by atoms with Gasteiger partial charge >= 0.3 is 16.4 Å². The third kappa shape index (κ3) is 8.64. The molecule has 0 radical (unpaired) electrons. The smallest absolute Gasteiger partial charge is 0.394 e.